The minimum atomic E-state index is -0.242. The fourth-order valence-electron chi connectivity index (χ4n) is 1.46. The van der Waals surface area contributed by atoms with E-state index in [-0.39, 0.29) is 24.6 Å². The molecule has 0 amide bonds. The van der Waals surface area contributed by atoms with Crippen LogP contribution >= 0.6 is 11.3 Å². The molecular formula is C12H11NO3S. The number of hydrogen-bond donors (Lipinski definition) is 0. The van der Waals surface area contributed by atoms with Gasteiger partial charge in [-0.05, 0) is 12.1 Å². The number of rotatable bonds is 5. The molecule has 88 valence electrons. The number of benzene rings is 1. The number of hydrogen-bond acceptors (Lipinski definition) is 5. The molecule has 0 unspecified atom stereocenters. The number of ether oxygens (including phenoxy) is 1. The van der Waals surface area contributed by atoms with Gasteiger partial charge in [-0.1, -0.05) is 12.1 Å². The Morgan fingerprint density at radius 1 is 1.35 bits per heavy atom. The average molecular weight is 249 g/mol. The number of thiazole rings is 1. The van der Waals surface area contributed by atoms with E-state index < -0.39 is 0 Å². The molecular weight excluding hydrogens is 238 g/mol. The fourth-order valence-corrected chi connectivity index (χ4v) is 2.36. The molecule has 0 radical (unpaired) electrons. The Morgan fingerprint density at radius 2 is 2.12 bits per heavy atom. The Hall–Kier alpha value is -1.59. The predicted octanol–water partition coefficient (Wildman–Crippen LogP) is 2.08. The van der Waals surface area contributed by atoms with Crippen molar-refractivity contribution in [2.24, 2.45) is 0 Å². The van der Waals surface area contributed by atoms with E-state index >= 15 is 0 Å². The molecule has 0 fully saturated rings. The first kappa shape index (κ1) is 11.9. The summed E-state index contributed by atoms with van der Waals surface area (Å²) in [6.45, 7) is -0.0311. The molecule has 2 rings (SSSR count). The highest BCUT2D eigenvalue weighted by Gasteiger charge is 2.15. The number of nitrogens with zero attached hydrogens (tertiary/aromatic N) is 1. The van der Waals surface area contributed by atoms with Crippen LogP contribution in [0, 0.1) is 0 Å². The first-order valence-corrected chi connectivity index (χ1v) is 5.92. The van der Waals surface area contributed by atoms with Gasteiger partial charge in [0.25, 0.3) is 0 Å². The maximum atomic E-state index is 11.8. The number of aromatic nitrogens is 1. The Bertz CT molecular complexity index is 529. The number of para-hydroxylation sites is 1. The zero-order chi connectivity index (χ0) is 12.3. The first-order valence-electron chi connectivity index (χ1n) is 5.10. The van der Waals surface area contributed by atoms with Crippen molar-refractivity contribution in [3.8, 4) is 0 Å². The standard InChI is InChI=1S/C12H11NO3S/c1-16-7-8(14)6-10(15)12-13-9-4-2-3-5-11(9)17-12/h2-5H,6-7H2,1H3. The first-order chi connectivity index (χ1) is 8.20. The van der Waals surface area contributed by atoms with Gasteiger partial charge in [-0.3, -0.25) is 9.59 Å². The average Bonchev–Trinajstić information content (AvgIpc) is 2.72. The molecule has 17 heavy (non-hydrogen) atoms. The Morgan fingerprint density at radius 3 is 2.82 bits per heavy atom. The normalized spacial score (nSPS) is 10.6. The van der Waals surface area contributed by atoms with Crippen molar-refractivity contribution in [1.82, 2.24) is 4.98 Å². The van der Waals surface area contributed by atoms with Crippen molar-refractivity contribution >= 4 is 33.1 Å². The summed E-state index contributed by atoms with van der Waals surface area (Å²) in [6, 6.07) is 7.51. The molecule has 0 aliphatic heterocycles. The minimum Gasteiger partial charge on any atom is -0.377 e. The fraction of sp³-hybridized carbons (Fsp3) is 0.250. The highest BCUT2D eigenvalue weighted by atomic mass is 32.1. The monoisotopic (exact) mass is 249 g/mol. The van der Waals surface area contributed by atoms with Crippen LogP contribution in [0.4, 0.5) is 0 Å². The lowest BCUT2D eigenvalue weighted by molar-refractivity contribution is -0.121. The van der Waals surface area contributed by atoms with Gasteiger partial charge in [-0.2, -0.15) is 0 Å². The lowest BCUT2D eigenvalue weighted by Crippen LogP contribution is -2.12. The number of carbonyl (C=O) groups is 2. The van der Waals surface area contributed by atoms with Crippen LogP contribution in [0.1, 0.15) is 16.2 Å². The van der Waals surface area contributed by atoms with E-state index in [2.05, 4.69) is 9.72 Å². The quantitative estimate of drug-likeness (QED) is 0.601. The molecule has 0 aliphatic carbocycles. The third kappa shape index (κ3) is 2.75. The molecule has 5 heteroatoms. The molecule has 1 aromatic carbocycles. The van der Waals surface area contributed by atoms with Gasteiger partial charge < -0.3 is 4.74 Å². The molecule has 1 heterocycles. The number of ketones is 2. The summed E-state index contributed by atoms with van der Waals surface area (Å²) in [4.78, 5) is 27.2. The second kappa shape index (κ2) is 5.16. The third-order valence-corrected chi connectivity index (χ3v) is 3.27. The summed E-state index contributed by atoms with van der Waals surface area (Å²) in [5, 5.41) is 0.385. The van der Waals surface area contributed by atoms with E-state index in [1.807, 2.05) is 24.3 Å². The van der Waals surface area contributed by atoms with Crippen LogP contribution in [0.3, 0.4) is 0 Å². The van der Waals surface area contributed by atoms with Crippen molar-refractivity contribution in [3.63, 3.8) is 0 Å². The molecule has 0 saturated carbocycles. The summed E-state index contributed by atoms with van der Waals surface area (Å²) in [6.07, 6.45) is -0.145. The smallest absolute Gasteiger partial charge is 0.198 e. The largest absolute Gasteiger partial charge is 0.377 e. The van der Waals surface area contributed by atoms with Crippen LogP contribution in [0.5, 0.6) is 0 Å². The molecule has 1 aromatic heterocycles. The maximum Gasteiger partial charge on any atom is 0.198 e. The summed E-state index contributed by atoms with van der Waals surface area (Å²) < 4.78 is 5.63. The van der Waals surface area contributed by atoms with E-state index in [9.17, 15) is 9.59 Å². The van der Waals surface area contributed by atoms with Gasteiger partial charge in [0, 0.05) is 7.11 Å². The zero-order valence-electron chi connectivity index (χ0n) is 9.30. The zero-order valence-corrected chi connectivity index (χ0v) is 10.1. The second-order valence-corrected chi connectivity index (χ2v) is 4.59. The number of fused-ring (bicyclic) bond motifs is 1. The number of Topliss-reactive ketones (excluding diaryl/α,β-unsaturated/α-hetero) is 2. The van der Waals surface area contributed by atoms with Gasteiger partial charge >= 0.3 is 0 Å². The molecule has 0 bridgehead atoms. The van der Waals surface area contributed by atoms with E-state index in [0.29, 0.717) is 5.01 Å². The van der Waals surface area contributed by atoms with E-state index in [1.165, 1.54) is 18.4 Å². The van der Waals surface area contributed by atoms with Crippen LogP contribution in [-0.4, -0.2) is 30.3 Å². The van der Waals surface area contributed by atoms with Gasteiger partial charge in [-0.15, -0.1) is 11.3 Å². The summed E-state index contributed by atoms with van der Waals surface area (Å²) in [7, 11) is 1.43. The van der Waals surface area contributed by atoms with Crippen molar-refractivity contribution in [2.45, 2.75) is 6.42 Å². The van der Waals surface area contributed by atoms with Crippen molar-refractivity contribution in [3.05, 3.63) is 29.3 Å². The van der Waals surface area contributed by atoms with Crippen LogP contribution in [0.15, 0.2) is 24.3 Å². The van der Waals surface area contributed by atoms with Crippen LogP contribution in [-0.2, 0) is 9.53 Å². The highest BCUT2D eigenvalue weighted by molar-refractivity contribution is 7.20. The minimum absolute atomic E-state index is 0.0311. The Labute approximate surface area is 102 Å². The Balaban J connectivity index is 2.16. The van der Waals surface area contributed by atoms with Gasteiger partial charge in [0.15, 0.2) is 16.6 Å². The molecule has 0 spiro atoms. The van der Waals surface area contributed by atoms with Gasteiger partial charge in [0.1, 0.15) is 6.61 Å². The molecule has 0 atom stereocenters. The highest BCUT2D eigenvalue weighted by Crippen LogP contribution is 2.22. The maximum absolute atomic E-state index is 11.8. The van der Waals surface area contributed by atoms with Gasteiger partial charge in [-0.25, -0.2) is 4.98 Å². The SMILES string of the molecule is COCC(=O)CC(=O)c1nc2ccccc2s1. The second-order valence-electron chi connectivity index (χ2n) is 3.56. The Kier molecular flexibility index (Phi) is 3.61. The number of carbonyl (C=O) groups excluding carboxylic acids is 2. The van der Waals surface area contributed by atoms with Crippen LogP contribution < -0.4 is 0 Å². The van der Waals surface area contributed by atoms with Crippen molar-refractivity contribution in [1.29, 1.82) is 0 Å². The molecule has 2 aromatic rings. The molecule has 0 saturated heterocycles. The van der Waals surface area contributed by atoms with Crippen LogP contribution in [0.2, 0.25) is 0 Å². The summed E-state index contributed by atoms with van der Waals surface area (Å²) >= 11 is 1.31. The van der Waals surface area contributed by atoms with Gasteiger partial charge in [0.2, 0.25) is 0 Å². The number of methoxy groups -OCH3 is 1. The van der Waals surface area contributed by atoms with E-state index in [1.54, 1.807) is 0 Å². The van der Waals surface area contributed by atoms with Crippen molar-refractivity contribution in [2.75, 3.05) is 13.7 Å². The lowest BCUT2D eigenvalue weighted by Gasteiger charge is -1.95. The van der Waals surface area contributed by atoms with Gasteiger partial charge in [0.05, 0.1) is 16.6 Å². The summed E-state index contributed by atoms with van der Waals surface area (Å²) in [5.41, 5.74) is 0.792. The van der Waals surface area contributed by atoms with E-state index in [4.69, 9.17) is 0 Å². The lowest BCUT2D eigenvalue weighted by atomic mass is 10.2. The van der Waals surface area contributed by atoms with Crippen molar-refractivity contribution < 1.29 is 14.3 Å². The summed E-state index contributed by atoms with van der Waals surface area (Å²) in [5.74, 6) is -0.468. The molecule has 4 nitrogen and oxygen atoms in total. The molecule has 0 N–H and O–H groups in total. The third-order valence-electron chi connectivity index (χ3n) is 2.20. The van der Waals surface area contributed by atoms with E-state index in [0.717, 1.165) is 10.2 Å². The molecule has 0 aliphatic rings. The van der Waals surface area contributed by atoms with Crippen LogP contribution in [0.25, 0.3) is 10.2 Å². The topological polar surface area (TPSA) is 56.3 Å². The predicted molar refractivity (Wildman–Crippen MR) is 65.5 cm³/mol.